The van der Waals surface area contributed by atoms with E-state index < -0.39 is 5.91 Å². The maximum atomic E-state index is 11.0. The molecule has 15 heavy (non-hydrogen) atoms. The fourth-order valence-electron chi connectivity index (χ4n) is 1.44. The Morgan fingerprint density at radius 3 is 2.40 bits per heavy atom. The number of rotatable bonds is 3. The van der Waals surface area contributed by atoms with E-state index in [1.165, 1.54) is 0 Å². The fourth-order valence-corrected chi connectivity index (χ4v) is 1.44. The molecule has 3 nitrogen and oxygen atoms in total. The third-order valence-electron chi connectivity index (χ3n) is 2.14. The number of carbonyl (C=O) groups is 1. The van der Waals surface area contributed by atoms with Gasteiger partial charge in [-0.05, 0) is 17.6 Å². The van der Waals surface area contributed by atoms with E-state index in [0.29, 0.717) is 12.0 Å². The molecule has 0 unspecified atom stereocenters. The molecule has 1 amide bonds. The van der Waals surface area contributed by atoms with Crippen LogP contribution in [0, 0.1) is 11.3 Å². The SMILES string of the molecule is CCC(=C(C#N)C(N)=O)c1ccccc1. The molecule has 0 aromatic heterocycles. The van der Waals surface area contributed by atoms with E-state index in [1.807, 2.05) is 43.3 Å². The molecule has 0 atom stereocenters. The molecule has 1 rings (SSSR count). The van der Waals surface area contributed by atoms with Crippen LogP contribution in [-0.2, 0) is 4.79 Å². The molecule has 0 saturated carbocycles. The van der Waals surface area contributed by atoms with Gasteiger partial charge in [-0.15, -0.1) is 0 Å². The number of primary amides is 1. The normalized spacial score (nSPS) is 11.5. The number of nitriles is 1. The first-order valence-corrected chi connectivity index (χ1v) is 4.69. The van der Waals surface area contributed by atoms with Crippen molar-refractivity contribution in [1.82, 2.24) is 0 Å². The van der Waals surface area contributed by atoms with Crippen molar-refractivity contribution in [3.05, 3.63) is 41.5 Å². The van der Waals surface area contributed by atoms with Crippen molar-refractivity contribution in [2.75, 3.05) is 0 Å². The van der Waals surface area contributed by atoms with Crippen LogP contribution in [0.4, 0.5) is 0 Å². The summed E-state index contributed by atoms with van der Waals surface area (Å²) < 4.78 is 0. The van der Waals surface area contributed by atoms with Crippen molar-refractivity contribution < 1.29 is 4.79 Å². The minimum atomic E-state index is -0.668. The zero-order valence-electron chi connectivity index (χ0n) is 8.53. The molecular formula is C12H12N2O. The van der Waals surface area contributed by atoms with E-state index in [-0.39, 0.29) is 5.57 Å². The summed E-state index contributed by atoms with van der Waals surface area (Å²) in [7, 11) is 0. The number of benzene rings is 1. The molecule has 3 heteroatoms. The first kappa shape index (κ1) is 11.0. The Kier molecular flexibility index (Phi) is 3.64. The molecule has 0 radical (unpaired) electrons. The predicted molar refractivity (Wildman–Crippen MR) is 58.5 cm³/mol. The Morgan fingerprint density at radius 2 is 2.00 bits per heavy atom. The average molecular weight is 200 g/mol. The van der Waals surface area contributed by atoms with Crippen molar-refractivity contribution in [2.45, 2.75) is 13.3 Å². The number of hydrogen-bond acceptors (Lipinski definition) is 2. The van der Waals surface area contributed by atoms with Gasteiger partial charge in [0.25, 0.3) is 5.91 Å². The third-order valence-corrected chi connectivity index (χ3v) is 2.14. The van der Waals surface area contributed by atoms with Gasteiger partial charge in [-0.1, -0.05) is 37.3 Å². The highest BCUT2D eigenvalue weighted by Gasteiger charge is 2.11. The number of hydrogen-bond donors (Lipinski definition) is 1. The number of nitrogens with two attached hydrogens (primary N) is 1. The van der Waals surface area contributed by atoms with E-state index >= 15 is 0 Å². The lowest BCUT2D eigenvalue weighted by molar-refractivity contribution is -0.114. The summed E-state index contributed by atoms with van der Waals surface area (Å²) in [5.74, 6) is -0.668. The van der Waals surface area contributed by atoms with Crippen molar-refractivity contribution >= 4 is 11.5 Å². The number of allylic oxidation sites excluding steroid dienone is 1. The molecule has 0 bridgehead atoms. The summed E-state index contributed by atoms with van der Waals surface area (Å²) in [6.45, 7) is 1.89. The highest BCUT2D eigenvalue weighted by atomic mass is 16.1. The smallest absolute Gasteiger partial charge is 0.259 e. The second kappa shape index (κ2) is 4.97. The molecule has 0 aliphatic rings. The molecule has 0 aliphatic heterocycles. The molecule has 1 aromatic carbocycles. The lowest BCUT2D eigenvalue weighted by atomic mass is 9.98. The topological polar surface area (TPSA) is 66.9 Å². The number of nitrogens with zero attached hydrogens (tertiary/aromatic N) is 1. The standard InChI is InChI=1S/C12H12N2O/c1-2-10(11(8-13)12(14)15)9-6-4-3-5-7-9/h3-7H,2H2,1H3,(H2,14,15). The highest BCUT2D eigenvalue weighted by Crippen LogP contribution is 2.21. The monoisotopic (exact) mass is 200 g/mol. The lowest BCUT2D eigenvalue weighted by Crippen LogP contribution is -2.14. The van der Waals surface area contributed by atoms with E-state index in [4.69, 9.17) is 11.0 Å². The molecular weight excluding hydrogens is 188 g/mol. The zero-order valence-corrected chi connectivity index (χ0v) is 8.53. The van der Waals surface area contributed by atoms with Crippen LogP contribution in [0.5, 0.6) is 0 Å². The first-order chi connectivity index (χ1) is 7.20. The van der Waals surface area contributed by atoms with Gasteiger partial charge in [0.1, 0.15) is 11.6 Å². The minimum absolute atomic E-state index is 0.0451. The fraction of sp³-hybridized carbons (Fsp3) is 0.167. The highest BCUT2D eigenvalue weighted by molar-refractivity contribution is 6.03. The lowest BCUT2D eigenvalue weighted by Gasteiger charge is -2.05. The van der Waals surface area contributed by atoms with E-state index in [2.05, 4.69) is 0 Å². The van der Waals surface area contributed by atoms with Gasteiger partial charge in [-0.25, -0.2) is 0 Å². The average Bonchev–Trinajstić information content (AvgIpc) is 2.26. The van der Waals surface area contributed by atoms with Gasteiger partial charge in [-0.2, -0.15) is 5.26 Å². The number of amides is 1. The second-order valence-electron chi connectivity index (χ2n) is 3.05. The van der Waals surface area contributed by atoms with Gasteiger partial charge in [-0.3, -0.25) is 4.79 Å². The van der Waals surface area contributed by atoms with Crippen LogP contribution in [0.2, 0.25) is 0 Å². The Bertz CT molecular complexity index is 427. The van der Waals surface area contributed by atoms with Crippen LogP contribution in [0.3, 0.4) is 0 Å². The van der Waals surface area contributed by atoms with Crippen molar-refractivity contribution in [3.8, 4) is 6.07 Å². The molecule has 76 valence electrons. The van der Waals surface area contributed by atoms with Crippen LogP contribution in [0.1, 0.15) is 18.9 Å². The van der Waals surface area contributed by atoms with Gasteiger partial charge in [0.15, 0.2) is 0 Å². The Morgan fingerprint density at radius 1 is 1.40 bits per heavy atom. The Balaban J connectivity index is 3.31. The van der Waals surface area contributed by atoms with Gasteiger partial charge >= 0.3 is 0 Å². The summed E-state index contributed by atoms with van der Waals surface area (Å²) in [5, 5.41) is 8.85. The van der Waals surface area contributed by atoms with Gasteiger partial charge in [0.2, 0.25) is 0 Å². The molecule has 0 spiro atoms. The van der Waals surface area contributed by atoms with E-state index in [0.717, 1.165) is 5.56 Å². The van der Waals surface area contributed by atoms with Crippen LogP contribution in [0.25, 0.3) is 5.57 Å². The predicted octanol–water partition coefficient (Wildman–Crippen LogP) is 1.86. The largest absolute Gasteiger partial charge is 0.365 e. The van der Waals surface area contributed by atoms with Gasteiger partial charge < -0.3 is 5.73 Å². The summed E-state index contributed by atoms with van der Waals surface area (Å²) in [6.07, 6.45) is 0.607. The maximum absolute atomic E-state index is 11.0. The molecule has 2 N–H and O–H groups in total. The summed E-state index contributed by atoms with van der Waals surface area (Å²) in [4.78, 5) is 11.0. The number of carbonyl (C=O) groups excluding carboxylic acids is 1. The van der Waals surface area contributed by atoms with Crippen LogP contribution < -0.4 is 5.73 Å². The zero-order chi connectivity index (χ0) is 11.3. The van der Waals surface area contributed by atoms with Crippen molar-refractivity contribution in [1.29, 1.82) is 5.26 Å². The van der Waals surface area contributed by atoms with Crippen LogP contribution >= 0.6 is 0 Å². The van der Waals surface area contributed by atoms with Crippen molar-refractivity contribution in [3.63, 3.8) is 0 Å². The molecule has 0 fully saturated rings. The van der Waals surface area contributed by atoms with Crippen molar-refractivity contribution in [2.24, 2.45) is 5.73 Å². The van der Waals surface area contributed by atoms with Crippen LogP contribution in [-0.4, -0.2) is 5.91 Å². The first-order valence-electron chi connectivity index (χ1n) is 4.69. The minimum Gasteiger partial charge on any atom is -0.365 e. The van der Waals surface area contributed by atoms with Gasteiger partial charge in [0, 0.05) is 0 Å². The summed E-state index contributed by atoms with van der Waals surface area (Å²) in [5.41, 5.74) is 6.76. The molecule has 0 heterocycles. The molecule has 0 saturated heterocycles. The summed E-state index contributed by atoms with van der Waals surface area (Å²) in [6, 6.07) is 11.2. The quantitative estimate of drug-likeness (QED) is 0.597. The second-order valence-corrected chi connectivity index (χ2v) is 3.05. The summed E-state index contributed by atoms with van der Waals surface area (Å²) >= 11 is 0. The Hall–Kier alpha value is -2.08. The van der Waals surface area contributed by atoms with Gasteiger partial charge in [0.05, 0.1) is 0 Å². The van der Waals surface area contributed by atoms with Crippen LogP contribution in [0.15, 0.2) is 35.9 Å². The molecule has 0 aliphatic carbocycles. The maximum Gasteiger partial charge on any atom is 0.259 e. The van der Waals surface area contributed by atoms with E-state index in [1.54, 1.807) is 0 Å². The molecule has 1 aromatic rings. The Labute approximate surface area is 88.8 Å². The third kappa shape index (κ3) is 2.44. The van der Waals surface area contributed by atoms with E-state index in [9.17, 15) is 4.79 Å².